The molecule has 0 saturated carbocycles. The molecule has 2 heterocycles. The SMILES string of the molecule is CCNc1nc(C)cc(-n2nc(C)c(Cl)c2C)n1. The minimum Gasteiger partial charge on any atom is -0.354 e. The summed E-state index contributed by atoms with van der Waals surface area (Å²) in [6, 6.07) is 1.89. The van der Waals surface area contributed by atoms with Gasteiger partial charge in [0.05, 0.1) is 16.4 Å². The zero-order valence-electron chi connectivity index (χ0n) is 11.0. The first-order valence-corrected chi connectivity index (χ1v) is 6.22. The molecule has 0 amide bonds. The highest BCUT2D eigenvalue weighted by molar-refractivity contribution is 6.31. The lowest BCUT2D eigenvalue weighted by atomic mass is 10.4. The standard InChI is InChI=1S/C12H16ClN5/c1-5-14-12-15-7(2)6-10(16-12)18-9(4)11(13)8(3)17-18/h6H,5H2,1-4H3,(H,14,15,16). The maximum atomic E-state index is 6.15. The predicted molar refractivity (Wildman–Crippen MR) is 72.5 cm³/mol. The van der Waals surface area contributed by atoms with Crippen LogP contribution in [0.15, 0.2) is 6.07 Å². The molecule has 6 heteroatoms. The Morgan fingerprint density at radius 2 is 2.00 bits per heavy atom. The normalized spacial score (nSPS) is 10.7. The van der Waals surface area contributed by atoms with E-state index in [2.05, 4.69) is 20.4 Å². The number of anilines is 1. The molecule has 0 radical (unpaired) electrons. The van der Waals surface area contributed by atoms with Gasteiger partial charge >= 0.3 is 0 Å². The Kier molecular flexibility index (Phi) is 3.52. The highest BCUT2D eigenvalue weighted by atomic mass is 35.5. The van der Waals surface area contributed by atoms with Gasteiger partial charge in [0, 0.05) is 18.3 Å². The first-order valence-electron chi connectivity index (χ1n) is 5.84. The van der Waals surface area contributed by atoms with Crippen LogP contribution in [-0.4, -0.2) is 26.3 Å². The molecule has 0 saturated heterocycles. The maximum Gasteiger partial charge on any atom is 0.224 e. The molecule has 0 atom stereocenters. The van der Waals surface area contributed by atoms with Gasteiger partial charge in [0.2, 0.25) is 5.95 Å². The van der Waals surface area contributed by atoms with Crippen LogP contribution < -0.4 is 5.32 Å². The Bertz CT molecular complexity index is 576. The summed E-state index contributed by atoms with van der Waals surface area (Å²) in [6.45, 7) is 8.52. The van der Waals surface area contributed by atoms with Gasteiger partial charge in [-0.05, 0) is 27.7 Å². The summed E-state index contributed by atoms with van der Waals surface area (Å²) in [7, 11) is 0. The topological polar surface area (TPSA) is 55.6 Å². The Morgan fingerprint density at radius 1 is 1.28 bits per heavy atom. The van der Waals surface area contributed by atoms with E-state index in [4.69, 9.17) is 11.6 Å². The highest BCUT2D eigenvalue weighted by Gasteiger charge is 2.12. The molecule has 0 aromatic carbocycles. The van der Waals surface area contributed by atoms with Crippen LogP contribution in [0, 0.1) is 20.8 Å². The van der Waals surface area contributed by atoms with Gasteiger partial charge in [-0.15, -0.1) is 0 Å². The van der Waals surface area contributed by atoms with Crippen LogP contribution in [0.5, 0.6) is 0 Å². The number of rotatable bonds is 3. The van der Waals surface area contributed by atoms with Gasteiger partial charge in [-0.1, -0.05) is 11.6 Å². The van der Waals surface area contributed by atoms with E-state index in [0.29, 0.717) is 11.0 Å². The van der Waals surface area contributed by atoms with Crippen LogP contribution in [0.1, 0.15) is 24.0 Å². The molecule has 0 aliphatic carbocycles. The van der Waals surface area contributed by atoms with Gasteiger partial charge < -0.3 is 5.32 Å². The third-order valence-corrected chi connectivity index (χ3v) is 3.14. The molecule has 1 N–H and O–H groups in total. The van der Waals surface area contributed by atoms with Crippen molar-refractivity contribution in [1.82, 2.24) is 19.7 Å². The van der Waals surface area contributed by atoms with E-state index in [1.54, 1.807) is 4.68 Å². The van der Waals surface area contributed by atoms with Crippen molar-refractivity contribution in [2.45, 2.75) is 27.7 Å². The van der Waals surface area contributed by atoms with Crippen LogP contribution in [0.4, 0.5) is 5.95 Å². The van der Waals surface area contributed by atoms with Crippen molar-refractivity contribution in [3.8, 4) is 5.82 Å². The zero-order chi connectivity index (χ0) is 13.3. The molecule has 2 aromatic heterocycles. The van der Waals surface area contributed by atoms with Crippen molar-refractivity contribution in [2.75, 3.05) is 11.9 Å². The Labute approximate surface area is 111 Å². The van der Waals surface area contributed by atoms with E-state index in [1.165, 1.54) is 0 Å². The van der Waals surface area contributed by atoms with Crippen molar-refractivity contribution in [2.24, 2.45) is 0 Å². The molecule has 0 unspecified atom stereocenters. The van der Waals surface area contributed by atoms with E-state index in [1.807, 2.05) is 33.8 Å². The molecule has 18 heavy (non-hydrogen) atoms. The monoisotopic (exact) mass is 265 g/mol. The van der Waals surface area contributed by atoms with Crippen LogP contribution >= 0.6 is 11.6 Å². The van der Waals surface area contributed by atoms with Crippen molar-refractivity contribution >= 4 is 17.5 Å². The number of hydrogen-bond donors (Lipinski definition) is 1. The smallest absolute Gasteiger partial charge is 0.224 e. The molecule has 96 valence electrons. The first-order chi connectivity index (χ1) is 8.52. The molecule has 0 fully saturated rings. The molecule has 0 bridgehead atoms. The van der Waals surface area contributed by atoms with E-state index in [0.717, 1.165) is 29.4 Å². The van der Waals surface area contributed by atoms with E-state index in [-0.39, 0.29) is 0 Å². The Balaban J connectivity index is 2.52. The van der Waals surface area contributed by atoms with Gasteiger partial charge in [0.1, 0.15) is 0 Å². The fourth-order valence-electron chi connectivity index (χ4n) is 1.74. The lowest BCUT2D eigenvalue weighted by Crippen LogP contribution is -2.08. The second-order valence-corrected chi connectivity index (χ2v) is 4.50. The van der Waals surface area contributed by atoms with Crippen LogP contribution in [0.25, 0.3) is 5.82 Å². The summed E-state index contributed by atoms with van der Waals surface area (Å²) in [6.07, 6.45) is 0. The summed E-state index contributed by atoms with van der Waals surface area (Å²) < 4.78 is 1.74. The first kappa shape index (κ1) is 12.8. The largest absolute Gasteiger partial charge is 0.354 e. The summed E-state index contributed by atoms with van der Waals surface area (Å²) in [5.74, 6) is 1.34. The van der Waals surface area contributed by atoms with Gasteiger partial charge in [-0.25, -0.2) is 9.67 Å². The van der Waals surface area contributed by atoms with E-state index >= 15 is 0 Å². The minimum absolute atomic E-state index is 0.608. The van der Waals surface area contributed by atoms with Crippen molar-refractivity contribution in [3.63, 3.8) is 0 Å². The van der Waals surface area contributed by atoms with Gasteiger partial charge in [-0.2, -0.15) is 10.1 Å². The van der Waals surface area contributed by atoms with E-state index in [9.17, 15) is 0 Å². The number of nitrogens with zero attached hydrogens (tertiary/aromatic N) is 4. The molecular weight excluding hydrogens is 250 g/mol. The molecule has 0 aliphatic rings. The number of aromatic nitrogens is 4. The van der Waals surface area contributed by atoms with Crippen LogP contribution in [0.2, 0.25) is 5.02 Å². The molecule has 2 aromatic rings. The summed E-state index contributed by atoms with van der Waals surface area (Å²) in [5.41, 5.74) is 2.57. The molecule has 0 aliphatic heterocycles. The van der Waals surface area contributed by atoms with Crippen LogP contribution in [-0.2, 0) is 0 Å². The average molecular weight is 266 g/mol. The van der Waals surface area contributed by atoms with Crippen molar-refractivity contribution < 1.29 is 0 Å². The number of aryl methyl sites for hydroxylation is 2. The number of halogens is 1. The lowest BCUT2D eigenvalue weighted by molar-refractivity contribution is 0.798. The summed E-state index contributed by atoms with van der Waals surface area (Å²) in [5, 5.41) is 8.17. The quantitative estimate of drug-likeness (QED) is 0.927. The lowest BCUT2D eigenvalue weighted by Gasteiger charge is -2.07. The Morgan fingerprint density at radius 3 is 2.56 bits per heavy atom. The minimum atomic E-state index is 0.608. The van der Waals surface area contributed by atoms with Crippen molar-refractivity contribution in [3.05, 3.63) is 28.2 Å². The molecule has 2 rings (SSSR count). The van der Waals surface area contributed by atoms with Gasteiger partial charge in [0.15, 0.2) is 5.82 Å². The highest BCUT2D eigenvalue weighted by Crippen LogP contribution is 2.22. The fraction of sp³-hybridized carbons (Fsp3) is 0.417. The second-order valence-electron chi connectivity index (χ2n) is 4.12. The number of hydrogen-bond acceptors (Lipinski definition) is 4. The van der Waals surface area contributed by atoms with E-state index < -0.39 is 0 Å². The summed E-state index contributed by atoms with van der Waals surface area (Å²) in [4.78, 5) is 8.74. The number of nitrogens with one attached hydrogen (secondary N) is 1. The average Bonchev–Trinajstić information content (AvgIpc) is 2.57. The third-order valence-electron chi connectivity index (χ3n) is 2.60. The third kappa shape index (κ3) is 2.31. The maximum absolute atomic E-state index is 6.15. The summed E-state index contributed by atoms with van der Waals surface area (Å²) >= 11 is 6.15. The second kappa shape index (κ2) is 4.94. The van der Waals surface area contributed by atoms with Crippen molar-refractivity contribution in [1.29, 1.82) is 0 Å². The predicted octanol–water partition coefficient (Wildman–Crippen LogP) is 2.67. The molecular formula is C12H16ClN5. The Hall–Kier alpha value is -1.62. The van der Waals surface area contributed by atoms with Crippen LogP contribution in [0.3, 0.4) is 0 Å². The molecule has 5 nitrogen and oxygen atoms in total. The molecule has 0 spiro atoms. The fourth-order valence-corrected chi connectivity index (χ4v) is 1.86. The van der Waals surface area contributed by atoms with Gasteiger partial charge in [-0.3, -0.25) is 0 Å². The van der Waals surface area contributed by atoms with Gasteiger partial charge in [0.25, 0.3) is 0 Å². The zero-order valence-corrected chi connectivity index (χ0v) is 11.7.